The molecule has 0 atom stereocenters. The van der Waals surface area contributed by atoms with E-state index in [4.69, 9.17) is 0 Å². The molecule has 0 saturated heterocycles. The van der Waals surface area contributed by atoms with E-state index in [1.807, 2.05) is 6.07 Å². The Morgan fingerprint density at radius 2 is 1.95 bits per heavy atom. The summed E-state index contributed by atoms with van der Waals surface area (Å²) in [6, 6.07) is 14.6. The third-order valence-electron chi connectivity index (χ3n) is 4.53. The van der Waals surface area contributed by atoms with Gasteiger partial charge in [-0.3, -0.25) is 4.79 Å². The van der Waals surface area contributed by atoms with Gasteiger partial charge in [0.25, 0.3) is 0 Å². The van der Waals surface area contributed by atoms with Crippen molar-refractivity contribution in [2.45, 2.75) is 25.7 Å². The third-order valence-corrected chi connectivity index (χ3v) is 4.53. The lowest BCUT2D eigenvalue weighted by Crippen LogP contribution is -2.03. The van der Waals surface area contributed by atoms with E-state index in [0.717, 1.165) is 24.9 Å². The van der Waals surface area contributed by atoms with Crippen LogP contribution in [0.1, 0.15) is 35.2 Å². The van der Waals surface area contributed by atoms with E-state index in [9.17, 15) is 4.79 Å². The molecule has 2 aromatic carbocycles. The number of ketones is 1. The summed E-state index contributed by atoms with van der Waals surface area (Å²) in [6.07, 6.45) is 4.17. The SMILES string of the molecule is O=C(CC1CC1)c1ccc2c(c1)-c1ccccc1NCC2. The van der Waals surface area contributed by atoms with E-state index in [1.165, 1.54) is 35.2 Å². The molecule has 1 N–H and O–H groups in total. The maximum atomic E-state index is 12.4. The van der Waals surface area contributed by atoms with Crippen molar-refractivity contribution < 1.29 is 4.79 Å². The highest BCUT2D eigenvalue weighted by atomic mass is 16.1. The Bertz CT molecular complexity index is 700. The Hall–Kier alpha value is -2.09. The van der Waals surface area contributed by atoms with Gasteiger partial charge in [0, 0.05) is 29.8 Å². The first-order chi connectivity index (χ1) is 10.3. The van der Waals surface area contributed by atoms with E-state index in [2.05, 4.69) is 41.7 Å². The van der Waals surface area contributed by atoms with Crippen LogP contribution in [0, 0.1) is 5.92 Å². The van der Waals surface area contributed by atoms with Crippen molar-refractivity contribution in [3.05, 3.63) is 53.6 Å². The standard InChI is InChI=1S/C19H19NO/c21-19(11-13-5-6-13)15-8-7-14-9-10-20-18-4-2-1-3-16(18)17(14)12-15/h1-4,7-8,12-13,20H,5-6,9-11H2. The normalized spacial score (nSPS) is 16.4. The first kappa shape index (κ1) is 12.6. The summed E-state index contributed by atoms with van der Waals surface area (Å²) in [4.78, 5) is 12.4. The van der Waals surface area contributed by atoms with Crippen molar-refractivity contribution in [3.8, 4) is 11.1 Å². The zero-order valence-corrected chi connectivity index (χ0v) is 12.1. The van der Waals surface area contributed by atoms with E-state index >= 15 is 0 Å². The Morgan fingerprint density at radius 1 is 1.10 bits per heavy atom. The summed E-state index contributed by atoms with van der Waals surface area (Å²) >= 11 is 0. The van der Waals surface area contributed by atoms with Gasteiger partial charge >= 0.3 is 0 Å². The fraction of sp³-hybridized carbons (Fsp3) is 0.316. The maximum absolute atomic E-state index is 12.4. The first-order valence-corrected chi connectivity index (χ1v) is 7.80. The Balaban J connectivity index is 1.76. The first-order valence-electron chi connectivity index (χ1n) is 7.80. The molecule has 1 fully saturated rings. The summed E-state index contributed by atoms with van der Waals surface area (Å²) in [5.41, 5.74) is 5.80. The molecule has 0 unspecified atom stereocenters. The average Bonchev–Trinajstić information content (AvgIpc) is 3.33. The van der Waals surface area contributed by atoms with Gasteiger partial charge in [-0.1, -0.05) is 30.3 Å². The molecule has 2 aliphatic rings. The second kappa shape index (κ2) is 5.03. The molecule has 0 aromatic heterocycles. The molecule has 0 bridgehead atoms. The van der Waals surface area contributed by atoms with Crippen LogP contribution in [0.2, 0.25) is 0 Å². The van der Waals surface area contributed by atoms with Crippen LogP contribution in [0.5, 0.6) is 0 Å². The number of rotatable bonds is 3. The van der Waals surface area contributed by atoms with E-state index in [1.54, 1.807) is 0 Å². The lowest BCUT2D eigenvalue weighted by Gasteiger charge is -2.11. The summed E-state index contributed by atoms with van der Waals surface area (Å²) in [5.74, 6) is 0.945. The summed E-state index contributed by atoms with van der Waals surface area (Å²) in [6.45, 7) is 0.944. The molecule has 1 aliphatic carbocycles. The number of carbonyl (C=O) groups is 1. The van der Waals surface area contributed by atoms with Crippen LogP contribution in [-0.4, -0.2) is 12.3 Å². The highest BCUT2D eigenvalue weighted by Gasteiger charge is 2.25. The minimum atomic E-state index is 0.301. The molecule has 2 nitrogen and oxygen atoms in total. The van der Waals surface area contributed by atoms with E-state index in [-0.39, 0.29) is 0 Å². The fourth-order valence-corrected chi connectivity index (χ4v) is 3.12. The lowest BCUT2D eigenvalue weighted by molar-refractivity contribution is 0.0976. The van der Waals surface area contributed by atoms with Crippen molar-refractivity contribution in [1.82, 2.24) is 0 Å². The molecule has 1 aliphatic heterocycles. The van der Waals surface area contributed by atoms with Crippen LogP contribution < -0.4 is 5.32 Å². The second-order valence-electron chi connectivity index (χ2n) is 6.16. The largest absolute Gasteiger partial charge is 0.384 e. The van der Waals surface area contributed by atoms with Gasteiger partial charge in [0.2, 0.25) is 0 Å². The van der Waals surface area contributed by atoms with Crippen molar-refractivity contribution >= 4 is 11.5 Å². The van der Waals surface area contributed by atoms with E-state index < -0.39 is 0 Å². The molecule has 0 spiro atoms. The van der Waals surface area contributed by atoms with Crippen molar-refractivity contribution in [2.75, 3.05) is 11.9 Å². The van der Waals surface area contributed by atoms with Gasteiger partial charge in [0.15, 0.2) is 5.78 Å². The number of benzene rings is 2. The predicted octanol–water partition coefficient (Wildman–Crippen LogP) is 4.30. The number of carbonyl (C=O) groups excluding carboxylic acids is 1. The number of nitrogens with one attached hydrogen (secondary N) is 1. The average molecular weight is 277 g/mol. The van der Waals surface area contributed by atoms with Gasteiger partial charge in [0.05, 0.1) is 0 Å². The minimum Gasteiger partial charge on any atom is -0.384 e. The number of Topliss-reactive ketones (excluding diaryl/α,β-unsaturated/α-hetero) is 1. The summed E-state index contributed by atoms with van der Waals surface area (Å²) in [5, 5.41) is 3.48. The molecule has 4 rings (SSSR count). The van der Waals surface area contributed by atoms with Crippen LogP contribution in [-0.2, 0) is 6.42 Å². The van der Waals surface area contributed by atoms with E-state index in [0.29, 0.717) is 11.7 Å². The molecule has 0 amide bonds. The summed E-state index contributed by atoms with van der Waals surface area (Å²) < 4.78 is 0. The quantitative estimate of drug-likeness (QED) is 0.847. The van der Waals surface area contributed by atoms with Gasteiger partial charge in [-0.2, -0.15) is 0 Å². The van der Waals surface area contributed by atoms with Crippen LogP contribution >= 0.6 is 0 Å². The highest BCUT2D eigenvalue weighted by molar-refractivity contribution is 5.98. The third kappa shape index (κ3) is 2.46. The van der Waals surface area contributed by atoms with Crippen molar-refractivity contribution in [1.29, 1.82) is 0 Å². The Morgan fingerprint density at radius 3 is 2.81 bits per heavy atom. The van der Waals surface area contributed by atoms with Gasteiger partial charge in [-0.25, -0.2) is 0 Å². The maximum Gasteiger partial charge on any atom is 0.163 e. The van der Waals surface area contributed by atoms with Crippen molar-refractivity contribution in [3.63, 3.8) is 0 Å². The highest BCUT2D eigenvalue weighted by Crippen LogP contribution is 2.36. The van der Waals surface area contributed by atoms with Crippen molar-refractivity contribution in [2.24, 2.45) is 5.92 Å². The number of fused-ring (bicyclic) bond motifs is 3. The monoisotopic (exact) mass is 277 g/mol. The smallest absolute Gasteiger partial charge is 0.163 e. The fourth-order valence-electron chi connectivity index (χ4n) is 3.12. The molecule has 106 valence electrons. The van der Waals surface area contributed by atoms with Gasteiger partial charge in [0.1, 0.15) is 0 Å². The van der Waals surface area contributed by atoms with Crippen LogP contribution in [0.25, 0.3) is 11.1 Å². The minimum absolute atomic E-state index is 0.301. The molecular formula is C19H19NO. The zero-order chi connectivity index (χ0) is 14.2. The summed E-state index contributed by atoms with van der Waals surface area (Å²) in [7, 11) is 0. The number of anilines is 1. The Kier molecular flexibility index (Phi) is 3.03. The molecule has 1 saturated carbocycles. The van der Waals surface area contributed by atoms with Gasteiger partial charge < -0.3 is 5.32 Å². The van der Waals surface area contributed by atoms with Crippen LogP contribution in [0.15, 0.2) is 42.5 Å². The van der Waals surface area contributed by atoms with Gasteiger partial charge in [-0.05, 0) is 48.4 Å². The molecule has 21 heavy (non-hydrogen) atoms. The molecule has 2 heteroatoms. The molecule has 2 aromatic rings. The number of hydrogen-bond donors (Lipinski definition) is 1. The second-order valence-corrected chi connectivity index (χ2v) is 6.16. The number of para-hydroxylation sites is 1. The topological polar surface area (TPSA) is 29.1 Å². The molecule has 1 heterocycles. The Labute approximate surface area is 125 Å². The predicted molar refractivity (Wildman–Crippen MR) is 85.7 cm³/mol. The van der Waals surface area contributed by atoms with Crippen LogP contribution in [0.4, 0.5) is 5.69 Å². The lowest BCUT2D eigenvalue weighted by atomic mass is 9.93. The molecular weight excluding hydrogens is 258 g/mol. The van der Waals surface area contributed by atoms with Gasteiger partial charge in [-0.15, -0.1) is 0 Å². The molecule has 0 radical (unpaired) electrons. The van der Waals surface area contributed by atoms with Crippen LogP contribution in [0.3, 0.4) is 0 Å². The zero-order valence-electron chi connectivity index (χ0n) is 12.1. The number of hydrogen-bond acceptors (Lipinski definition) is 2.